The molecule has 174 valence electrons. The third-order valence-corrected chi connectivity index (χ3v) is 5.63. The molecule has 1 fully saturated rings. The van der Waals surface area contributed by atoms with Crippen LogP contribution in [0.3, 0.4) is 0 Å². The van der Waals surface area contributed by atoms with Crippen LogP contribution in [-0.2, 0) is 9.59 Å². The van der Waals surface area contributed by atoms with E-state index >= 15 is 0 Å². The Balaban J connectivity index is 1.36. The predicted molar refractivity (Wildman–Crippen MR) is 129 cm³/mol. The van der Waals surface area contributed by atoms with Crippen LogP contribution >= 0.6 is 0 Å². The molecule has 1 aliphatic rings. The molecule has 2 N–H and O–H groups in total. The number of ether oxygens (including phenoxy) is 2. The number of hydrogen-bond donors (Lipinski definition) is 2. The predicted octanol–water partition coefficient (Wildman–Crippen LogP) is 3.95. The van der Waals surface area contributed by atoms with Crippen molar-refractivity contribution >= 4 is 34.8 Å². The summed E-state index contributed by atoms with van der Waals surface area (Å²) in [6.07, 6.45) is 0.117. The Bertz CT molecular complexity index is 1190. The summed E-state index contributed by atoms with van der Waals surface area (Å²) in [7, 11) is 3.12. The van der Waals surface area contributed by atoms with Crippen LogP contribution in [0.2, 0.25) is 0 Å². The van der Waals surface area contributed by atoms with E-state index in [4.69, 9.17) is 9.47 Å². The number of methoxy groups -OCH3 is 2. The molecule has 0 spiro atoms. The van der Waals surface area contributed by atoms with E-state index in [0.29, 0.717) is 34.1 Å². The van der Waals surface area contributed by atoms with Crippen molar-refractivity contribution in [3.8, 4) is 11.5 Å². The molecular weight excluding hydrogens is 434 g/mol. The minimum absolute atomic E-state index is 0.117. The van der Waals surface area contributed by atoms with Crippen molar-refractivity contribution in [2.45, 2.75) is 6.42 Å². The van der Waals surface area contributed by atoms with Crippen LogP contribution in [0.25, 0.3) is 0 Å². The standard InChI is InChI=1S/C26H25N3O5/c1-33-21-13-11-20(12-14-21)27-25(31)17-7-9-19(10-8-17)28-26(32)18-15-24(30)29(16-18)22-5-3-4-6-23(22)34-2/h3-14,18H,15-16H2,1-2H3,(H,27,31)(H,28,32)/t18-/m0/s1. The van der Waals surface area contributed by atoms with Crippen molar-refractivity contribution in [2.75, 3.05) is 36.3 Å². The molecule has 1 atom stereocenters. The summed E-state index contributed by atoms with van der Waals surface area (Å²) in [5.41, 5.74) is 2.30. The van der Waals surface area contributed by atoms with Gasteiger partial charge in [0.2, 0.25) is 11.8 Å². The van der Waals surface area contributed by atoms with Gasteiger partial charge in [-0.15, -0.1) is 0 Å². The molecule has 3 aromatic carbocycles. The van der Waals surface area contributed by atoms with E-state index in [2.05, 4.69) is 10.6 Å². The fourth-order valence-corrected chi connectivity index (χ4v) is 3.80. The average Bonchev–Trinajstić information content (AvgIpc) is 3.26. The maximum atomic E-state index is 12.8. The minimum atomic E-state index is -0.490. The molecule has 4 rings (SSSR count). The van der Waals surface area contributed by atoms with Gasteiger partial charge >= 0.3 is 0 Å². The Labute approximate surface area is 197 Å². The molecule has 0 aliphatic carbocycles. The van der Waals surface area contributed by atoms with Crippen molar-refractivity contribution in [1.29, 1.82) is 0 Å². The van der Waals surface area contributed by atoms with Gasteiger partial charge in [0.25, 0.3) is 5.91 Å². The summed E-state index contributed by atoms with van der Waals surface area (Å²) in [4.78, 5) is 39.4. The Morgan fingerprint density at radius 3 is 2.18 bits per heavy atom. The summed E-state index contributed by atoms with van der Waals surface area (Å²) in [6.45, 7) is 0.271. The van der Waals surface area contributed by atoms with Crippen LogP contribution in [0, 0.1) is 5.92 Å². The fourth-order valence-electron chi connectivity index (χ4n) is 3.80. The second-order valence-corrected chi connectivity index (χ2v) is 7.83. The second kappa shape index (κ2) is 10.1. The third kappa shape index (κ3) is 5.01. The molecule has 0 radical (unpaired) electrons. The molecule has 1 saturated heterocycles. The van der Waals surface area contributed by atoms with Gasteiger partial charge in [-0.1, -0.05) is 12.1 Å². The lowest BCUT2D eigenvalue weighted by atomic mass is 10.1. The van der Waals surface area contributed by atoms with E-state index in [1.807, 2.05) is 12.1 Å². The van der Waals surface area contributed by atoms with Gasteiger partial charge in [0, 0.05) is 29.9 Å². The lowest BCUT2D eigenvalue weighted by Crippen LogP contribution is -2.28. The summed E-state index contributed by atoms with van der Waals surface area (Å²) in [5, 5.41) is 5.65. The van der Waals surface area contributed by atoms with Gasteiger partial charge in [-0.2, -0.15) is 0 Å². The van der Waals surface area contributed by atoms with Gasteiger partial charge in [0.15, 0.2) is 0 Å². The van der Waals surface area contributed by atoms with E-state index < -0.39 is 5.92 Å². The summed E-state index contributed by atoms with van der Waals surface area (Å²) in [6, 6.07) is 20.9. The summed E-state index contributed by atoms with van der Waals surface area (Å²) in [5.74, 6) is 0.150. The molecule has 8 nitrogen and oxygen atoms in total. The zero-order valence-electron chi connectivity index (χ0n) is 18.9. The molecule has 8 heteroatoms. The number of carbonyl (C=O) groups is 3. The van der Waals surface area contributed by atoms with Gasteiger partial charge in [-0.3, -0.25) is 14.4 Å². The average molecular weight is 460 g/mol. The highest BCUT2D eigenvalue weighted by atomic mass is 16.5. The lowest BCUT2D eigenvalue weighted by Gasteiger charge is -2.19. The number of benzene rings is 3. The number of anilines is 3. The molecule has 0 saturated carbocycles. The summed E-state index contributed by atoms with van der Waals surface area (Å²) >= 11 is 0. The largest absolute Gasteiger partial charge is 0.497 e. The van der Waals surface area contributed by atoms with Crippen molar-refractivity contribution < 1.29 is 23.9 Å². The van der Waals surface area contributed by atoms with Crippen LogP contribution in [0.1, 0.15) is 16.8 Å². The SMILES string of the molecule is COc1ccc(NC(=O)c2ccc(NC(=O)[C@H]3CC(=O)N(c4ccccc4OC)C3)cc2)cc1. The number of hydrogen-bond acceptors (Lipinski definition) is 5. The maximum absolute atomic E-state index is 12.8. The molecular formula is C26H25N3O5. The van der Waals surface area contributed by atoms with E-state index in [9.17, 15) is 14.4 Å². The minimum Gasteiger partial charge on any atom is -0.497 e. The smallest absolute Gasteiger partial charge is 0.255 e. The monoisotopic (exact) mass is 459 g/mol. The first-order valence-electron chi connectivity index (χ1n) is 10.8. The van der Waals surface area contributed by atoms with Gasteiger partial charge in [0.1, 0.15) is 11.5 Å². The molecule has 0 aromatic heterocycles. The highest BCUT2D eigenvalue weighted by Crippen LogP contribution is 2.33. The van der Waals surface area contributed by atoms with E-state index in [-0.39, 0.29) is 30.7 Å². The van der Waals surface area contributed by atoms with Gasteiger partial charge in [-0.05, 0) is 60.7 Å². The van der Waals surface area contributed by atoms with Gasteiger partial charge in [-0.25, -0.2) is 0 Å². The number of carbonyl (C=O) groups excluding carboxylic acids is 3. The van der Waals surface area contributed by atoms with Crippen LogP contribution < -0.4 is 25.0 Å². The van der Waals surface area contributed by atoms with Crippen LogP contribution in [0.5, 0.6) is 11.5 Å². The Morgan fingerprint density at radius 2 is 1.50 bits per heavy atom. The molecule has 1 heterocycles. The first-order valence-corrected chi connectivity index (χ1v) is 10.8. The normalized spacial score (nSPS) is 15.1. The first kappa shape index (κ1) is 22.8. The van der Waals surface area contributed by atoms with E-state index in [1.54, 1.807) is 79.8 Å². The molecule has 1 aliphatic heterocycles. The van der Waals surface area contributed by atoms with E-state index in [0.717, 1.165) is 0 Å². The summed E-state index contributed by atoms with van der Waals surface area (Å²) < 4.78 is 10.5. The van der Waals surface area contributed by atoms with Crippen molar-refractivity contribution in [1.82, 2.24) is 0 Å². The van der Waals surface area contributed by atoms with E-state index in [1.165, 1.54) is 0 Å². The highest BCUT2D eigenvalue weighted by Gasteiger charge is 2.36. The zero-order chi connectivity index (χ0) is 24.1. The van der Waals surface area contributed by atoms with Gasteiger partial charge in [0.05, 0.1) is 25.8 Å². The topological polar surface area (TPSA) is 97.0 Å². The maximum Gasteiger partial charge on any atom is 0.255 e. The Kier molecular flexibility index (Phi) is 6.77. The lowest BCUT2D eigenvalue weighted by molar-refractivity contribution is -0.122. The van der Waals surface area contributed by atoms with Crippen molar-refractivity contribution in [3.05, 3.63) is 78.4 Å². The fraction of sp³-hybridized carbons (Fsp3) is 0.192. The quantitative estimate of drug-likeness (QED) is 0.558. The Morgan fingerprint density at radius 1 is 0.853 bits per heavy atom. The molecule has 34 heavy (non-hydrogen) atoms. The van der Waals surface area contributed by atoms with Crippen LogP contribution in [0.15, 0.2) is 72.8 Å². The number of nitrogens with one attached hydrogen (secondary N) is 2. The molecule has 3 amide bonds. The second-order valence-electron chi connectivity index (χ2n) is 7.83. The number of para-hydroxylation sites is 2. The number of amides is 3. The molecule has 0 bridgehead atoms. The van der Waals surface area contributed by atoms with Crippen LogP contribution in [0.4, 0.5) is 17.1 Å². The van der Waals surface area contributed by atoms with Crippen molar-refractivity contribution in [3.63, 3.8) is 0 Å². The first-order chi connectivity index (χ1) is 16.5. The third-order valence-electron chi connectivity index (χ3n) is 5.63. The number of nitrogens with zero attached hydrogens (tertiary/aromatic N) is 1. The Hall–Kier alpha value is -4.33. The zero-order valence-corrected chi connectivity index (χ0v) is 18.9. The molecule has 0 unspecified atom stereocenters. The number of rotatable bonds is 7. The van der Waals surface area contributed by atoms with Gasteiger partial charge < -0.3 is 25.0 Å². The van der Waals surface area contributed by atoms with Crippen LogP contribution in [-0.4, -0.2) is 38.5 Å². The van der Waals surface area contributed by atoms with Crippen molar-refractivity contribution in [2.24, 2.45) is 5.92 Å². The highest BCUT2D eigenvalue weighted by molar-refractivity contribution is 6.06. The molecule has 3 aromatic rings.